The summed E-state index contributed by atoms with van der Waals surface area (Å²) in [7, 11) is 0. The van der Waals surface area contributed by atoms with Gasteiger partial charge in [-0.05, 0) is 31.7 Å². The highest BCUT2D eigenvalue weighted by molar-refractivity contribution is 5.76. The van der Waals surface area contributed by atoms with E-state index in [0.717, 1.165) is 50.1 Å². The molecule has 1 saturated heterocycles. The van der Waals surface area contributed by atoms with Crippen molar-refractivity contribution in [3.05, 3.63) is 47.7 Å². The van der Waals surface area contributed by atoms with Crippen molar-refractivity contribution in [2.75, 3.05) is 36.4 Å². The average molecular weight is 408 g/mol. The fourth-order valence-electron chi connectivity index (χ4n) is 4.45. The van der Waals surface area contributed by atoms with Gasteiger partial charge in [0.25, 0.3) is 0 Å². The van der Waals surface area contributed by atoms with Crippen molar-refractivity contribution in [3.63, 3.8) is 0 Å². The van der Waals surface area contributed by atoms with E-state index in [4.69, 9.17) is 4.98 Å². The first-order chi connectivity index (χ1) is 14.7. The lowest BCUT2D eigenvalue weighted by atomic mass is 9.96. The van der Waals surface area contributed by atoms with E-state index < -0.39 is 0 Å². The third-order valence-corrected chi connectivity index (χ3v) is 6.21. The number of carbonyl (C=O) groups is 1. The molecule has 1 aromatic carbocycles. The molecule has 6 heteroatoms. The molecule has 1 aliphatic carbocycles. The van der Waals surface area contributed by atoms with E-state index in [1.54, 1.807) is 0 Å². The van der Waals surface area contributed by atoms with E-state index in [0.29, 0.717) is 12.5 Å². The molecule has 2 fully saturated rings. The number of piperazine rings is 1. The number of amides is 1. The van der Waals surface area contributed by atoms with Gasteiger partial charge in [-0.25, -0.2) is 4.98 Å². The Morgan fingerprint density at radius 3 is 2.50 bits per heavy atom. The third-order valence-electron chi connectivity index (χ3n) is 6.21. The molecule has 30 heavy (non-hydrogen) atoms. The van der Waals surface area contributed by atoms with Crippen molar-refractivity contribution < 1.29 is 4.79 Å². The molecule has 1 saturated carbocycles. The number of aryl methyl sites for hydroxylation is 2. The predicted octanol–water partition coefficient (Wildman–Crippen LogP) is 3.81. The van der Waals surface area contributed by atoms with E-state index in [2.05, 4.69) is 33.4 Å². The number of aromatic nitrogens is 2. The van der Waals surface area contributed by atoms with Crippen LogP contribution < -0.4 is 10.2 Å². The van der Waals surface area contributed by atoms with E-state index in [9.17, 15) is 4.79 Å². The van der Waals surface area contributed by atoms with Crippen molar-refractivity contribution in [2.45, 2.75) is 57.9 Å². The molecule has 0 bridgehead atoms. The predicted molar refractivity (Wildman–Crippen MR) is 121 cm³/mol. The Hall–Kier alpha value is -2.63. The van der Waals surface area contributed by atoms with Crippen molar-refractivity contribution in [1.29, 1.82) is 0 Å². The summed E-state index contributed by atoms with van der Waals surface area (Å²) in [4.78, 5) is 26.3. The molecule has 0 radical (unpaired) electrons. The number of nitrogens with one attached hydrogen (secondary N) is 1. The Balaban J connectivity index is 1.30. The number of benzene rings is 1. The summed E-state index contributed by atoms with van der Waals surface area (Å²) in [5.41, 5.74) is 2.21. The molecule has 160 valence electrons. The summed E-state index contributed by atoms with van der Waals surface area (Å²) in [6.45, 7) is 5.16. The molecule has 1 aliphatic heterocycles. The van der Waals surface area contributed by atoms with Gasteiger partial charge in [-0.3, -0.25) is 4.79 Å². The van der Waals surface area contributed by atoms with Crippen molar-refractivity contribution in [3.8, 4) is 0 Å². The van der Waals surface area contributed by atoms with Gasteiger partial charge in [-0.15, -0.1) is 0 Å². The first-order valence-electron chi connectivity index (χ1n) is 11.4. The molecule has 1 amide bonds. The van der Waals surface area contributed by atoms with Gasteiger partial charge >= 0.3 is 0 Å². The summed E-state index contributed by atoms with van der Waals surface area (Å²) in [6.07, 6.45) is 7.71. The van der Waals surface area contributed by atoms with Crippen LogP contribution in [0.25, 0.3) is 0 Å². The zero-order valence-corrected chi connectivity index (χ0v) is 18.0. The second-order valence-electron chi connectivity index (χ2n) is 8.52. The van der Waals surface area contributed by atoms with Crippen LogP contribution in [0.1, 0.15) is 49.8 Å². The number of rotatable bonds is 6. The van der Waals surface area contributed by atoms with E-state index >= 15 is 0 Å². The normalized spacial score (nSPS) is 17.8. The third kappa shape index (κ3) is 5.49. The molecule has 6 nitrogen and oxygen atoms in total. The lowest BCUT2D eigenvalue weighted by Crippen LogP contribution is -2.49. The highest BCUT2D eigenvalue weighted by Gasteiger charge is 2.23. The number of anilines is 2. The monoisotopic (exact) mass is 407 g/mol. The summed E-state index contributed by atoms with van der Waals surface area (Å²) in [6, 6.07) is 12.8. The Morgan fingerprint density at radius 1 is 1.03 bits per heavy atom. The maximum atomic E-state index is 12.6. The van der Waals surface area contributed by atoms with Gasteiger partial charge in [0.15, 0.2) is 0 Å². The molecule has 1 aromatic heterocycles. The summed E-state index contributed by atoms with van der Waals surface area (Å²) >= 11 is 0. The van der Waals surface area contributed by atoms with Crippen LogP contribution in [0.4, 0.5) is 11.8 Å². The molecule has 2 aliphatic rings. The summed E-state index contributed by atoms with van der Waals surface area (Å²) in [5, 5.41) is 3.55. The van der Waals surface area contributed by atoms with Crippen LogP contribution in [0.5, 0.6) is 0 Å². The van der Waals surface area contributed by atoms with Crippen molar-refractivity contribution in [1.82, 2.24) is 14.9 Å². The highest BCUT2D eigenvalue weighted by Crippen LogP contribution is 2.22. The first-order valence-corrected chi connectivity index (χ1v) is 11.4. The largest absolute Gasteiger partial charge is 0.353 e. The number of hydrogen-bond donors (Lipinski definition) is 1. The highest BCUT2D eigenvalue weighted by atomic mass is 16.2. The molecular formula is C24H33N5O. The smallest absolute Gasteiger partial charge is 0.225 e. The maximum absolute atomic E-state index is 12.6. The fraction of sp³-hybridized carbons (Fsp3) is 0.542. The molecule has 0 unspecified atom stereocenters. The average Bonchev–Trinajstić information content (AvgIpc) is 2.78. The Bertz CT molecular complexity index is 827. The van der Waals surface area contributed by atoms with Crippen LogP contribution in [-0.4, -0.2) is 53.0 Å². The van der Waals surface area contributed by atoms with Crippen LogP contribution >= 0.6 is 0 Å². The topological polar surface area (TPSA) is 61.4 Å². The van der Waals surface area contributed by atoms with Gasteiger partial charge < -0.3 is 15.1 Å². The molecule has 0 atom stereocenters. The van der Waals surface area contributed by atoms with Crippen LogP contribution in [0.3, 0.4) is 0 Å². The lowest BCUT2D eigenvalue weighted by molar-refractivity contribution is -0.131. The zero-order valence-electron chi connectivity index (χ0n) is 18.0. The van der Waals surface area contributed by atoms with Crippen LogP contribution in [0.15, 0.2) is 36.4 Å². The van der Waals surface area contributed by atoms with Gasteiger partial charge in [0.2, 0.25) is 11.9 Å². The first kappa shape index (κ1) is 20.6. The number of carbonyl (C=O) groups excluding carboxylic acids is 1. The number of nitrogens with zero attached hydrogens (tertiary/aromatic N) is 4. The minimum Gasteiger partial charge on any atom is -0.353 e. The summed E-state index contributed by atoms with van der Waals surface area (Å²) in [5.74, 6) is 1.97. The Labute approximate surface area is 179 Å². The lowest BCUT2D eigenvalue weighted by Gasteiger charge is -2.35. The van der Waals surface area contributed by atoms with Gasteiger partial charge in [0.1, 0.15) is 5.82 Å². The maximum Gasteiger partial charge on any atom is 0.225 e. The zero-order chi connectivity index (χ0) is 20.8. The van der Waals surface area contributed by atoms with Gasteiger partial charge in [0, 0.05) is 50.4 Å². The number of hydrogen-bond acceptors (Lipinski definition) is 5. The van der Waals surface area contributed by atoms with E-state index in [1.165, 1.54) is 37.7 Å². The van der Waals surface area contributed by atoms with Gasteiger partial charge in [-0.1, -0.05) is 49.6 Å². The van der Waals surface area contributed by atoms with E-state index in [1.807, 2.05) is 30.0 Å². The fourth-order valence-corrected chi connectivity index (χ4v) is 4.45. The molecule has 1 N–H and O–H groups in total. The summed E-state index contributed by atoms with van der Waals surface area (Å²) < 4.78 is 0. The quantitative estimate of drug-likeness (QED) is 0.789. The minimum atomic E-state index is 0.247. The van der Waals surface area contributed by atoms with Crippen LogP contribution in [-0.2, 0) is 11.2 Å². The van der Waals surface area contributed by atoms with Gasteiger partial charge in [0.05, 0.1) is 0 Å². The van der Waals surface area contributed by atoms with Crippen LogP contribution in [0.2, 0.25) is 0 Å². The van der Waals surface area contributed by atoms with Crippen LogP contribution in [0, 0.1) is 6.92 Å². The van der Waals surface area contributed by atoms with Crippen molar-refractivity contribution in [2.24, 2.45) is 0 Å². The van der Waals surface area contributed by atoms with Crippen molar-refractivity contribution >= 4 is 17.7 Å². The second kappa shape index (κ2) is 9.92. The van der Waals surface area contributed by atoms with Gasteiger partial charge in [-0.2, -0.15) is 4.98 Å². The molecule has 0 spiro atoms. The Morgan fingerprint density at radius 2 is 1.77 bits per heavy atom. The standard InChI is InChI=1S/C24H33N5O/c1-19-18-22(27-24(25-19)26-21-10-6-3-7-11-21)28-14-16-29(17-15-28)23(30)13-12-20-8-4-2-5-9-20/h2,4-5,8-9,18,21H,3,6-7,10-17H2,1H3,(H,25,26,27). The molecular weight excluding hydrogens is 374 g/mol. The molecule has 2 heterocycles. The Kier molecular flexibility index (Phi) is 6.82. The van der Waals surface area contributed by atoms with E-state index in [-0.39, 0.29) is 5.91 Å². The second-order valence-corrected chi connectivity index (χ2v) is 8.52. The molecule has 4 rings (SSSR count). The minimum absolute atomic E-state index is 0.247. The molecule has 2 aromatic rings. The SMILES string of the molecule is Cc1cc(N2CCN(C(=O)CCc3ccccc3)CC2)nc(NC2CCCCC2)n1.